The third-order valence-electron chi connectivity index (χ3n) is 4.87. The summed E-state index contributed by atoms with van der Waals surface area (Å²) in [7, 11) is 0. The molecule has 3 heteroatoms. The summed E-state index contributed by atoms with van der Waals surface area (Å²) in [6.07, 6.45) is 9.60. The molecule has 0 amide bonds. The van der Waals surface area contributed by atoms with Gasteiger partial charge in [-0.2, -0.15) is 0 Å². The lowest BCUT2D eigenvalue weighted by Crippen LogP contribution is -2.39. The molecule has 0 spiro atoms. The van der Waals surface area contributed by atoms with Gasteiger partial charge in [0.2, 0.25) is 0 Å². The molecule has 0 heterocycles. The van der Waals surface area contributed by atoms with E-state index in [1.807, 2.05) is 6.07 Å². The zero-order chi connectivity index (χ0) is 14.0. The van der Waals surface area contributed by atoms with Crippen LogP contribution in [0.3, 0.4) is 0 Å². The van der Waals surface area contributed by atoms with E-state index in [1.165, 1.54) is 51.0 Å². The highest BCUT2D eigenvalue weighted by atomic mass is 35.5. The van der Waals surface area contributed by atoms with E-state index >= 15 is 0 Å². The van der Waals surface area contributed by atoms with Gasteiger partial charge in [-0.25, -0.2) is 4.39 Å². The van der Waals surface area contributed by atoms with Crippen molar-refractivity contribution in [3.63, 3.8) is 0 Å². The Morgan fingerprint density at radius 1 is 1.20 bits per heavy atom. The van der Waals surface area contributed by atoms with Crippen molar-refractivity contribution in [2.24, 2.45) is 5.41 Å². The molecule has 2 fully saturated rings. The summed E-state index contributed by atoms with van der Waals surface area (Å²) in [4.78, 5) is 0. The van der Waals surface area contributed by atoms with E-state index < -0.39 is 0 Å². The maximum absolute atomic E-state index is 14.1. The average molecular weight is 296 g/mol. The Morgan fingerprint density at radius 2 is 1.95 bits per heavy atom. The van der Waals surface area contributed by atoms with E-state index in [-0.39, 0.29) is 11.2 Å². The lowest BCUT2D eigenvalue weighted by Gasteiger charge is -2.38. The van der Waals surface area contributed by atoms with Gasteiger partial charge in [0.25, 0.3) is 0 Å². The van der Waals surface area contributed by atoms with Crippen LogP contribution in [0.5, 0.6) is 0 Å². The zero-order valence-corrected chi connectivity index (χ0v) is 12.7. The minimum atomic E-state index is -0.145. The summed E-state index contributed by atoms with van der Waals surface area (Å²) < 4.78 is 14.1. The first-order valence-electron chi connectivity index (χ1n) is 7.85. The fourth-order valence-corrected chi connectivity index (χ4v) is 3.67. The van der Waals surface area contributed by atoms with Crippen molar-refractivity contribution in [2.45, 2.75) is 57.4 Å². The molecule has 0 unspecified atom stereocenters. The minimum absolute atomic E-state index is 0.145. The third-order valence-corrected chi connectivity index (χ3v) is 5.22. The molecule has 0 radical (unpaired) electrons. The molecule has 1 N–H and O–H groups in total. The molecule has 110 valence electrons. The fraction of sp³-hybridized carbons (Fsp3) is 0.647. The molecule has 0 saturated heterocycles. The summed E-state index contributed by atoms with van der Waals surface area (Å²) >= 11 is 6.23. The molecule has 1 nitrogen and oxygen atoms in total. The molecule has 2 aliphatic rings. The van der Waals surface area contributed by atoms with Gasteiger partial charge in [0.05, 0.1) is 0 Å². The van der Waals surface area contributed by atoms with E-state index in [9.17, 15) is 4.39 Å². The highest BCUT2D eigenvalue weighted by Gasteiger charge is 2.35. The SMILES string of the molecule is Fc1cccc(Cl)c1CC1(CNC2CC2)CCCCC1. The van der Waals surface area contributed by atoms with Crippen LogP contribution in [0.15, 0.2) is 18.2 Å². The first-order chi connectivity index (χ1) is 9.69. The van der Waals surface area contributed by atoms with Gasteiger partial charge in [-0.15, -0.1) is 0 Å². The first-order valence-corrected chi connectivity index (χ1v) is 8.23. The van der Waals surface area contributed by atoms with Crippen molar-refractivity contribution in [3.8, 4) is 0 Å². The second-order valence-corrected chi connectivity index (χ2v) is 7.00. The number of benzene rings is 1. The smallest absolute Gasteiger partial charge is 0.127 e. The summed E-state index contributed by atoms with van der Waals surface area (Å²) in [6.45, 7) is 1.02. The van der Waals surface area contributed by atoms with Crippen LogP contribution in [0.4, 0.5) is 4.39 Å². The third kappa shape index (κ3) is 3.35. The van der Waals surface area contributed by atoms with E-state index in [4.69, 9.17) is 11.6 Å². The van der Waals surface area contributed by atoms with Gasteiger partial charge in [0.15, 0.2) is 0 Å². The van der Waals surface area contributed by atoms with Gasteiger partial charge >= 0.3 is 0 Å². The predicted molar refractivity (Wildman–Crippen MR) is 81.7 cm³/mol. The summed E-state index contributed by atoms with van der Waals surface area (Å²) in [5.41, 5.74) is 0.917. The van der Waals surface area contributed by atoms with Crippen LogP contribution in [-0.4, -0.2) is 12.6 Å². The van der Waals surface area contributed by atoms with Gasteiger partial charge in [0.1, 0.15) is 5.82 Å². The molecule has 1 aromatic carbocycles. The number of nitrogens with one attached hydrogen (secondary N) is 1. The van der Waals surface area contributed by atoms with Gasteiger partial charge < -0.3 is 5.32 Å². The Hall–Kier alpha value is -0.600. The van der Waals surface area contributed by atoms with E-state index in [0.29, 0.717) is 16.6 Å². The number of hydrogen-bond donors (Lipinski definition) is 1. The van der Waals surface area contributed by atoms with Crippen LogP contribution >= 0.6 is 11.6 Å². The van der Waals surface area contributed by atoms with Crippen LogP contribution in [0, 0.1) is 11.2 Å². The molecule has 20 heavy (non-hydrogen) atoms. The Kier molecular flexibility index (Phi) is 4.32. The van der Waals surface area contributed by atoms with Crippen molar-refractivity contribution in [1.29, 1.82) is 0 Å². The van der Waals surface area contributed by atoms with E-state index in [2.05, 4.69) is 5.32 Å². The second kappa shape index (κ2) is 6.03. The normalized spacial score (nSPS) is 21.9. The molecule has 0 aromatic heterocycles. The molecule has 0 bridgehead atoms. The number of hydrogen-bond acceptors (Lipinski definition) is 1. The largest absolute Gasteiger partial charge is 0.313 e. The number of halogens is 2. The zero-order valence-electron chi connectivity index (χ0n) is 11.9. The topological polar surface area (TPSA) is 12.0 Å². The van der Waals surface area contributed by atoms with E-state index in [0.717, 1.165) is 13.0 Å². The summed E-state index contributed by atoms with van der Waals surface area (Å²) in [5.74, 6) is -0.145. The molecule has 1 aromatic rings. The van der Waals surface area contributed by atoms with Crippen molar-refractivity contribution in [2.75, 3.05) is 6.54 Å². The average Bonchev–Trinajstić information content (AvgIpc) is 3.27. The van der Waals surface area contributed by atoms with Crippen LogP contribution < -0.4 is 5.32 Å². The Bertz CT molecular complexity index is 444. The van der Waals surface area contributed by atoms with Gasteiger partial charge in [-0.3, -0.25) is 0 Å². The van der Waals surface area contributed by atoms with Crippen molar-refractivity contribution in [3.05, 3.63) is 34.6 Å². The van der Waals surface area contributed by atoms with Gasteiger partial charge in [0, 0.05) is 23.2 Å². The molecular weight excluding hydrogens is 273 g/mol. The summed E-state index contributed by atoms with van der Waals surface area (Å²) in [6, 6.07) is 5.75. The molecule has 3 rings (SSSR count). The standard InChI is InChI=1S/C17H23ClFN/c18-15-5-4-6-16(19)14(15)11-17(9-2-1-3-10-17)12-20-13-7-8-13/h4-6,13,20H,1-3,7-12H2. The van der Waals surface area contributed by atoms with E-state index in [1.54, 1.807) is 6.07 Å². The highest BCUT2D eigenvalue weighted by Crippen LogP contribution is 2.41. The van der Waals surface area contributed by atoms with Crippen LogP contribution in [0.1, 0.15) is 50.5 Å². The quantitative estimate of drug-likeness (QED) is 0.828. The highest BCUT2D eigenvalue weighted by molar-refractivity contribution is 6.31. The molecule has 2 aliphatic carbocycles. The Balaban J connectivity index is 1.77. The molecule has 0 atom stereocenters. The Morgan fingerprint density at radius 3 is 2.60 bits per heavy atom. The molecule has 0 aliphatic heterocycles. The van der Waals surface area contributed by atoms with Crippen molar-refractivity contribution >= 4 is 11.6 Å². The molecular formula is C17H23ClFN. The van der Waals surface area contributed by atoms with Gasteiger partial charge in [-0.1, -0.05) is 36.9 Å². The predicted octanol–water partition coefficient (Wildman–Crippen LogP) is 4.72. The maximum atomic E-state index is 14.1. The summed E-state index contributed by atoms with van der Waals surface area (Å²) in [5, 5.41) is 4.25. The minimum Gasteiger partial charge on any atom is -0.313 e. The first kappa shape index (κ1) is 14.3. The monoisotopic (exact) mass is 295 g/mol. The van der Waals surface area contributed by atoms with Gasteiger partial charge in [-0.05, 0) is 49.7 Å². The fourth-order valence-electron chi connectivity index (χ4n) is 3.44. The van der Waals surface area contributed by atoms with Crippen molar-refractivity contribution < 1.29 is 4.39 Å². The number of rotatable bonds is 5. The van der Waals surface area contributed by atoms with Crippen molar-refractivity contribution in [1.82, 2.24) is 5.32 Å². The lowest BCUT2D eigenvalue weighted by atomic mass is 9.70. The maximum Gasteiger partial charge on any atom is 0.127 e. The van der Waals surface area contributed by atoms with Crippen LogP contribution in [-0.2, 0) is 6.42 Å². The lowest BCUT2D eigenvalue weighted by molar-refractivity contribution is 0.178. The van der Waals surface area contributed by atoms with Crippen LogP contribution in [0.25, 0.3) is 0 Å². The molecule has 2 saturated carbocycles. The Labute approximate surface area is 125 Å². The second-order valence-electron chi connectivity index (χ2n) is 6.59. The van der Waals surface area contributed by atoms with Crippen LogP contribution in [0.2, 0.25) is 5.02 Å².